The first-order chi connectivity index (χ1) is 8.89. The molecule has 0 bridgehead atoms. The fraction of sp³-hybridized carbons (Fsp3) is 0.455. The van der Waals surface area contributed by atoms with Gasteiger partial charge in [-0.25, -0.2) is 13.4 Å². The second-order valence-electron chi connectivity index (χ2n) is 4.29. The molecule has 1 aromatic heterocycles. The Bertz CT molecular complexity index is 583. The summed E-state index contributed by atoms with van der Waals surface area (Å²) in [6.45, 7) is 1.42. The van der Waals surface area contributed by atoms with Crippen molar-refractivity contribution in [1.82, 2.24) is 14.2 Å². The van der Waals surface area contributed by atoms with Crippen molar-refractivity contribution in [2.75, 3.05) is 32.4 Å². The number of sulfonamides is 1. The summed E-state index contributed by atoms with van der Waals surface area (Å²) in [6.07, 6.45) is 2.74. The Morgan fingerprint density at radius 3 is 2.47 bits per heavy atom. The fourth-order valence-electron chi connectivity index (χ4n) is 1.92. The van der Waals surface area contributed by atoms with Crippen molar-refractivity contribution < 1.29 is 13.2 Å². The van der Waals surface area contributed by atoms with Crippen molar-refractivity contribution in [3.05, 3.63) is 28.5 Å². The van der Waals surface area contributed by atoms with Crippen molar-refractivity contribution in [3.8, 4) is 0 Å². The van der Waals surface area contributed by atoms with E-state index in [-0.39, 0.29) is 5.91 Å². The van der Waals surface area contributed by atoms with Crippen LogP contribution in [0.5, 0.6) is 0 Å². The average molecular weight is 348 g/mol. The number of halogens is 1. The van der Waals surface area contributed by atoms with Gasteiger partial charge in [-0.3, -0.25) is 4.79 Å². The van der Waals surface area contributed by atoms with Gasteiger partial charge in [0.05, 0.1) is 6.26 Å². The minimum atomic E-state index is -3.18. The van der Waals surface area contributed by atoms with Gasteiger partial charge >= 0.3 is 0 Å². The Hall–Kier alpha value is -0.990. The van der Waals surface area contributed by atoms with Crippen LogP contribution in [0.25, 0.3) is 0 Å². The van der Waals surface area contributed by atoms with Crippen LogP contribution in [-0.2, 0) is 10.0 Å². The predicted molar refractivity (Wildman–Crippen MR) is 74.3 cm³/mol. The summed E-state index contributed by atoms with van der Waals surface area (Å²) >= 11 is 3.29. The van der Waals surface area contributed by atoms with E-state index in [0.717, 1.165) is 0 Å². The molecule has 0 atom stereocenters. The highest BCUT2D eigenvalue weighted by molar-refractivity contribution is 9.10. The highest BCUT2D eigenvalue weighted by Crippen LogP contribution is 2.16. The molecule has 0 spiro atoms. The van der Waals surface area contributed by atoms with Gasteiger partial charge in [0.1, 0.15) is 5.69 Å². The smallest absolute Gasteiger partial charge is 0.273 e. The molecule has 0 saturated carbocycles. The van der Waals surface area contributed by atoms with Gasteiger partial charge < -0.3 is 4.90 Å². The maximum absolute atomic E-state index is 12.2. The van der Waals surface area contributed by atoms with Crippen molar-refractivity contribution in [2.45, 2.75) is 0 Å². The van der Waals surface area contributed by atoms with Crippen LogP contribution in [0.4, 0.5) is 0 Å². The summed E-state index contributed by atoms with van der Waals surface area (Å²) < 4.78 is 24.8. The Balaban J connectivity index is 2.07. The normalized spacial score (nSPS) is 17.5. The monoisotopic (exact) mass is 347 g/mol. The zero-order valence-corrected chi connectivity index (χ0v) is 12.8. The van der Waals surface area contributed by atoms with Crippen LogP contribution in [0.3, 0.4) is 0 Å². The molecule has 6 nitrogen and oxygen atoms in total. The van der Waals surface area contributed by atoms with Crippen molar-refractivity contribution >= 4 is 31.9 Å². The fourth-order valence-corrected chi connectivity index (χ4v) is 3.17. The number of carbonyl (C=O) groups is 1. The molecule has 1 saturated heterocycles. The zero-order chi connectivity index (χ0) is 14.0. The third-order valence-electron chi connectivity index (χ3n) is 2.96. The third kappa shape index (κ3) is 3.31. The lowest BCUT2D eigenvalue weighted by Crippen LogP contribution is -2.50. The van der Waals surface area contributed by atoms with E-state index in [1.165, 1.54) is 10.6 Å². The highest BCUT2D eigenvalue weighted by Gasteiger charge is 2.27. The molecule has 19 heavy (non-hydrogen) atoms. The second-order valence-corrected chi connectivity index (χ2v) is 7.12. The average Bonchev–Trinajstić information content (AvgIpc) is 2.38. The third-order valence-corrected chi connectivity index (χ3v) is 4.90. The minimum Gasteiger partial charge on any atom is -0.335 e. The molecule has 8 heteroatoms. The minimum absolute atomic E-state index is 0.180. The van der Waals surface area contributed by atoms with Gasteiger partial charge in [-0.1, -0.05) is 0 Å². The molecule has 0 unspecified atom stereocenters. The molecule has 1 aromatic rings. The predicted octanol–water partition coefficient (Wildman–Crippen LogP) is 0.562. The summed E-state index contributed by atoms with van der Waals surface area (Å²) in [4.78, 5) is 17.9. The van der Waals surface area contributed by atoms with E-state index < -0.39 is 10.0 Å². The molecule has 1 aliphatic heterocycles. The number of carbonyl (C=O) groups excluding carboxylic acids is 1. The van der Waals surface area contributed by atoms with Crippen molar-refractivity contribution in [2.24, 2.45) is 0 Å². The second kappa shape index (κ2) is 5.56. The summed E-state index contributed by atoms with van der Waals surface area (Å²) in [7, 11) is -3.18. The van der Waals surface area contributed by atoms with E-state index in [2.05, 4.69) is 20.9 Å². The van der Waals surface area contributed by atoms with Gasteiger partial charge in [-0.2, -0.15) is 4.31 Å². The van der Waals surface area contributed by atoms with Gasteiger partial charge in [-0.05, 0) is 28.1 Å². The number of amides is 1. The van der Waals surface area contributed by atoms with Gasteiger partial charge in [0.15, 0.2) is 0 Å². The van der Waals surface area contributed by atoms with Crippen molar-refractivity contribution in [1.29, 1.82) is 0 Å². The number of rotatable bonds is 2. The highest BCUT2D eigenvalue weighted by atomic mass is 79.9. The molecule has 0 radical (unpaired) electrons. The summed E-state index contributed by atoms with van der Waals surface area (Å²) in [6, 6.07) is 3.50. The lowest BCUT2D eigenvalue weighted by atomic mass is 10.3. The molecule has 0 aliphatic carbocycles. The molecular formula is C11H14BrN3O3S. The van der Waals surface area contributed by atoms with Crippen molar-refractivity contribution in [3.63, 3.8) is 0 Å². The molecule has 104 valence electrons. The van der Waals surface area contributed by atoms with Crippen LogP contribution >= 0.6 is 15.9 Å². The van der Waals surface area contributed by atoms with E-state index in [1.807, 2.05) is 0 Å². The van der Waals surface area contributed by atoms with Crippen LogP contribution < -0.4 is 0 Å². The standard InChI is InChI=1S/C11H14BrN3O3S/c1-19(17,18)15-7-5-14(6-8-15)11(16)10-9(12)3-2-4-13-10/h2-4H,5-8H2,1H3. The van der Waals surface area contributed by atoms with E-state index in [4.69, 9.17) is 0 Å². The number of aromatic nitrogens is 1. The van der Waals surface area contributed by atoms with Gasteiger partial charge in [0.25, 0.3) is 5.91 Å². The Morgan fingerprint density at radius 2 is 1.95 bits per heavy atom. The van der Waals surface area contributed by atoms with E-state index in [1.54, 1.807) is 23.2 Å². The Labute approximate surface area is 120 Å². The first-order valence-electron chi connectivity index (χ1n) is 5.74. The lowest BCUT2D eigenvalue weighted by molar-refractivity contribution is 0.0691. The largest absolute Gasteiger partial charge is 0.335 e. The first kappa shape index (κ1) is 14.4. The van der Waals surface area contributed by atoms with E-state index in [9.17, 15) is 13.2 Å². The van der Waals surface area contributed by atoms with Crippen LogP contribution in [0.2, 0.25) is 0 Å². The summed E-state index contributed by atoms with van der Waals surface area (Å²) in [5.41, 5.74) is 0.357. The topological polar surface area (TPSA) is 70.6 Å². The Kier molecular flexibility index (Phi) is 4.22. The van der Waals surface area contributed by atoms with Crippen LogP contribution in [0, 0.1) is 0 Å². The van der Waals surface area contributed by atoms with E-state index in [0.29, 0.717) is 36.3 Å². The molecule has 1 aliphatic rings. The molecule has 2 heterocycles. The van der Waals surface area contributed by atoms with Gasteiger partial charge in [0, 0.05) is 36.8 Å². The number of nitrogens with zero attached hydrogens (tertiary/aromatic N) is 3. The number of pyridine rings is 1. The first-order valence-corrected chi connectivity index (χ1v) is 8.38. The SMILES string of the molecule is CS(=O)(=O)N1CCN(C(=O)c2ncccc2Br)CC1. The van der Waals surface area contributed by atoms with E-state index >= 15 is 0 Å². The number of hydrogen-bond donors (Lipinski definition) is 0. The molecule has 1 amide bonds. The Morgan fingerprint density at radius 1 is 1.32 bits per heavy atom. The van der Waals surface area contributed by atoms with Crippen LogP contribution in [-0.4, -0.2) is 60.9 Å². The molecule has 0 N–H and O–H groups in total. The molecule has 0 aromatic carbocycles. The van der Waals surface area contributed by atoms with Crippen LogP contribution in [0.1, 0.15) is 10.5 Å². The maximum atomic E-state index is 12.2. The maximum Gasteiger partial charge on any atom is 0.273 e. The summed E-state index contributed by atoms with van der Waals surface area (Å²) in [5.74, 6) is -0.180. The lowest BCUT2D eigenvalue weighted by Gasteiger charge is -2.33. The molecular weight excluding hydrogens is 334 g/mol. The zero-order valence-electron chi connectivity index (χ0n) is 10.4. The number of hydrogen-bond acceptors (Lipinski definition) is 4. The molecule has 1 fully saturated rings. The molecule has 2 rings (SSSR count). The quantitative estimate of drug-likeness (QED) is 0.783. The number of piperazine rings is 1. The van der Waals surface area contributed by atoms with Gasteiger partial charge in [-0.15, -0.1) is 0 Å². The van der Waals surface area contributed by atoms with Gasteiger partial charge in [0.2, 0.25) is 10.0 Å². The van der Waals surface area contributed by atoms with Crippen LogP contribution in [0.15, 0.2) is 22.8 Å². The summed E-state index contributed by atoms with van der Waals surface area (Å²) in [5, 5.41) is 0.